The quantitative estimate of drug-likeness (QED) is 0.778. The number of halogens is 3. The summed E-state index contributed by atoms with van der Waals surface area (Å²) in [6.07, 6.45) is -0.475. The second-order valence-corrected chi connectivity index (χ2v) is 3.60. The normalized spacial score (nSPS) is 28.9. The molecule has 1 aliphatic carbocycles. The lowest BCUT2D eigenvalue weighted by molar-refractivity contribution is 0.0661. The number of hydrogen-bond donors (Lipinski definition) is 1. The van der Waals surface area contributed by atoms with Crippen molar-refractivity contribution < 1.29 is 18.3 Å². The first kappa shape index (κ1) is 9.52. The van der Waals surface area contributed by atoms with Gasteiger partial charge in [-0.15, -0.1) is 0 Å². The highest BCUT2D eigenvalue weighted by Crippen LogP contribution is 2.61. The number of alkyl halides is 2. The number of benzene rings is 1. The molecule has 4 heteroatoms. The third kappa shape index (κ3) is 1.07. The lowest BCUT2D eigenvalue weighted by Gasteiger charge is -2.14. The Hall–Kier alpha value is -1.03. The van der Waals surface area contributed by atoms with E-state index < -0.39 is 30.2 Å². The SMILES string of the molecule is OCC1(c2ccccc2F)CC1(F)F. The molecule has 0 heterocycles. The van der Waals surface area contributed by atoms with E-state index in [1.807, 2.05) is 0 Å². The van der Waals surface area contributed by atoms with Gasteiger partial charge in [0.25, 0.3) is 5.92 Å². The summed E-state index contributed by atoms with van der Waals surface area (Å²) in [5.74, 6) is -3.66. The topological polar surface area (TPSA) is 20.2 Å². The average molecular weight is 202 g/mol. The smallest absolute Gasteiger partial charge is 0.261 e. The Morgan fingerprint density at radius 3 is 2.29 bits per heavy atom. The maximum Gasteiger partial charge on any atom is 0.261 e. The largest absolute Gasteiger partial charge is 0.395 e. The molecule has 0 aliphatic heterocycles. The first-order valence-electron chi connectivity index (χ1n) is 4.27. The van der Waals surface area contributed by atoms with Gasteiger partial charge in [-0.05, 0) is 6.07 Å². The Morgan fingerprint density at radius 1 is 1.29 bits per heavy atom. The van der Waals surface area contributed by atoms with Crippen molar-refractivity contribution in [2.45, 2.75) is 17.8 Å². The van der Waals surface area contributed by atoms with Crippen LogP contribution in [0.1, 0.15) is 12.0 Å². The highest BCUT2D eigenvalue weighted by atomic mass is 19.3. The van der Waals surface area contributed by atoms with Gasteiger partial charge in [0.1, 0.15) is 5.82 Å². The van der Waals surface area contributed by atoms with Gasteiger partial charge >= 0.3 is 0 Å². The summed E-state index contributed by atoms with van der Waals surface area (Å²) in [6.45, 7) is -0.721. The zero-order valence-corrected chi connectivity index (χ0v) is 7.30. The van der Waals surface area contributed by atoms with Gasteiger partial charge in [-0.25, -0.2) is 13.2 Å². The van der Waals surface area contributed by atoms with Crippen molar-refractivity contribution >= 4 is 0 Å². The van der Waals surface area contributed by atoms with E-state index in [0.717, 1.165) is 6.07 Å². The van der Waals surface area contributed by atoms with Crippen LogP contribution < -0.4 is 0 Å². The van der Waals surface area contributed by atoms with Crippen LogP contribution in [0.15, 0.2) is 24.3 Å². The standard InChI is InChI=1S/C10H9F3O/c11-8-4-2-1-3-7(8)9(6-14)5-10(9,12)13/h1-4,14H,5-6H2. The van der Waals surface area contributed by atoms with Gasteiger partial charge in [0.15, 0.2) is 0 Å². The lowest BCUT2D eigenvalue weighted by atomic mass is 9.96. The van der Waals surface area contributed by atoms with E-state index >= 15 is 0 Å². The summed E-state index contributed by atoms with van der Waals surface area (Å²) in [7, 11) is 0. The van der Waals surface area contributed by atoms with Crippen LogP contribution in [0.2, 0.25) is 0 Å². The molecule has 1 aromatic carbocycles. The van der Waals surface area contributed by atoms with Gasteiger partial charge in [0.2, 0.25) is 0 Å². The van der Waals surface area contributed by atoms with Crippen molar-refractivity contribution in [3.05, 3.63) is 35.6 Å². The van der Waals surface area contributed by atoms with Crippen LogP contribution in [0.3, 0.4) is 0 Å². The lowest BCUT2D eigenvalue weighted by Crippen LogP contribution is -2.22. The average Bonchev–Trinajstić information content (AvgIpc) is 2.70. The number of hydrogen-bond acceptors (Lipinski definition) is 1. The molecule has 1 aromatic rings. The van der Waals surface area contributed by atoms with E-state index in [1.54, 1.807) is 0 Å². The van der Waals surface area contributed by atoms with Crippen molar-refractivity contribution in [2.75, 3.05) is 6.61 Å². The van der Waals surface area contributed by atoms with E-state index in [1.165, 1.54) is 18.2 Å². The van der Waals surface area contributed by atoms with Gasteiger partial charge < -0.3 is 5.11 Å². The molecule has 1 N–H and O–H groups in total. The zero-order valence-electron chi connectivity index (χ0n) is 7.30. The van der Waals surface area contributed by atoms with E-state index in [-0.39, 0.29) is 5.56 Å². The molecule has 0 saturated heterocycles. The van der Waals surface area contributed by atoms with Crippen LogP contribution in [0.5, 0.6) is 0 Å². The molecule has 76 valence electrons. The number of aliphatic hydroxyl groups excluding tert-OH is 1. The van der Waals surface area contributed by atoms with Crippen LogP contribution in [-0.2, 0) is 5.41 Å². The molecule has 2 rings (SSSR count). The summed E-state index contributed by atoms with van der Waals surface area (Å²) in [5.41, 5.74) is -1.77. The third-order valence-corrected chi connectivity index (χ3v) is 2.76. The molecule has 0 bridgehead atoms. The molecule has 0 spiro atoms. The first-order chi connectivity index (χ1) is 6.53. The minimum atomic E-state index is -2.98. The highest BCUT2D eigenvalue weighted by molar-refractivity contribution is 5.38. The fraction of sp³-hybridized carbons (Fsp3) is 0.400. The fourth-order valence-corrected chi connectivity index (χ4v) is 1.73. The molecule has 1 fully saturated rings. The van der Waals surface area contributed by atoms with Crippen LogP contribution in [-0.4, -0.2) is 17.6 Å². The van der Waals surface area contributed by atoms with Gasteiger partial charge in [-0.3, -0.25) is 0 Å². The Kier molecular flexibility index (Phi) is 1.86. The highest BCUT2D eigenvalue weighted by Gasteiger charge is 2.72. The van der Waals surface area contributed by atoms with Gasteiger partial charge in [-0.2, -0.15) is 0 Å². The minimum Gasteiger partial charge on any atom is -0.395 e. The molecule has 1 saturated carbocycles. The molecular formula is C10H9F3O. The Labute approximate surface area is 79.2 Å². The first-order valence-corrected chi connectivity index (χ1v) is 4.27. The van der Waals surface area contributed by atoms with Crippen molar-refractivity contribution in [1.82, 2.24) is 0 Å². The Balaban J connectivity index is 2.46. The van der Waals surface area contributed by atoms with Gasteiger partial charge in [0.05, 0.1) is 12.0 Å². The van der Waals surface area contributed by atoms with Crippen LogP contribution in [0, 0.1) is 5.82 Å². The third-order valence-electron chi connectivity index (χ3n) is 2.76. The summed E-state index contributed by atoms with van der Waals surface area (Å²) in [5, 5.41) is 8.92. The van der Waals surface area contributed by atoms with Crippen molar-refractivity contribution in [3.63, 3.8) is 0 Å². The number of aliphatic hydroxyl groups is 1. The minimum absolute atomic E-state index is 0.0903. The molecule has 0 aromatic heterocycles. The Bertz CT molecular complexity index is 364. The molecule has 1 nitrogen and oxygen atoms in total. The maximum atomic E-state index is 13.2. The molecular weight excluding hydrogens is 193 g/mol. The van der Waals surface area contributed by atoms with Crippen molar-refractivity contribution in [3.8, 4) is 0 Å². The van der Waals surface area contributed by atoms with Crippen molar-refractivity contribution in [1.29, 1.82) is 0 Å². The summed E-state index contributed by atoms with van der Waals surface area (Å²) < 4.78 is 39.2. The zero-order chi connectivity index (χ0) is 10.4. The van der Waals surface area contributed by atoms with E-state index in [9.17, 15) is 13.2 Å². The summed E-state index contributed by atoms with van der Waals surface area (Å²) in [4.78, 5) is 0. The van der Waals surface area contributed by atoms with E-state index in [4.69, 9.17) is 5.11 Å². The predicted molar refractivity (Wildman–Crippen MR) is 44.7 cm³/mol. The van der Waals surface area contributed by atoms with E-state index in [0.29, 0.717) is 0 Å². The van der Waals surface area contributed by atoms with Crippen LogP contribution in [0.25, 0.3) is 0 Å². The van der Waals surface area contributed by atoms with Gasteiger partial charge in [0, 0.05) is 12.0 Å². The number of rotatable bonds is 2. The van der Waals surface area contributed by atoms with Gasteiger partial charge in [-0.1, -0.05) is 18.2 Å². The molecule has 0 radical (unpaired) electrons. The molecule has 1 aliphatic rings. The summed E-state index contributed by atoms with van der Waals surface area (Å²) in [6, 6.07) is 5.35. The predicted octanol–water partition coefficient (Wildman–Crippen LogP) is 2.09. The Morgan fingerprint density at radius 2 is 1.86 bits per heavy atom. The van der Waals surface area contributed by atoms with Crippen molar-refractivity contribution in [2.24, 2.45) is 0 Å². The fourth-order valence-electron chi connectivity index (χ4n) is 1.73. The molecule has 1 atom stereocenters. The van der Waals surface area contributed by atoms with Crippen LogP contribution in [0.4, 0.5) is 13.2 Å². The molecule has 0 amide bonds. The van der Waals surface area contributed by atoms with Crippen LogP contribution >= 0.6 is 0 Å². The van der Waals surface area contributed by atoms with E-state index in [2.05, 4.69) is 0 Å². The second kappa shape index (κ2) is 2.73. The monoisotopic (exact) mass is 202 g/mol. The second-order valence-electron chi connectivity index (χ2n) is 3.60. The molecule has 1 unspecified atom stereocenters. The maximum absolute atomic E-state index is 13.2. The summed E-state index contributed by atoms with van der Waals surface area (Å²) >= 11 is 0. The molecule has 14 heavy (non-hydrogen) atoms.